The molecule has 18 heavy (non-hydrogen) atoms. The maximum atomic E-state index is 12.0. The number of carbonyl (C=O) groups is 1. The number of rotatable bonds is 3. The first-order chi connectivity index (χ1) is 8.56. The van der Waals surface area contributed by atoms with E-state index in [1.165, 1.54) is 18.2 Å². The van der Waals surface area contributed by atoms with Crippen molar-refractivity contribution in [2.75, 3.05) is 0 Å². The van der Waals surface area contributed by atoms with Gasteiger partial charge in [-0.1, -0.05) is 29.7 Å². The van der Waals surface area contributed by atoms with Crippen LogP contribution >= 0.6 is 0 Å². The lowest BCUT2D eigenvalue weighted by Gasteiger charge is -2.05. The van der Waals surface area contributed by atoms with Gasteiger partial charge in [0, 0.05) is 12.5 Å². The van der Waals surface area contributed by atoms with Crippen molar-refractivity contribution in [3.63, 3.8) is 0 Å². The molecule has 4 heteroatoms. The first-order valence-corrected chi connectivity index (χ1v) is 5.67. The molecule has 2 rings (SSSR count). The molecule has 0 aliphatic rings. The number of carbonyl (C=O) groups excluding carboxylic acids is 1. The molecule has 0 aromatic heterocycles. The molecule has 3 nitrogen and oxygen atoms in total. The number of Topliss-reactive ketones (excluding diaryl/α,β-unsaturated/α-hetero) is 1. The summed E-state index contributed by atoms with van der Waals surface area (Å²) < 4.78 is 0. The predicted molar refractivity (Wildman–Crippen MR) is 72.4 cm³/mol. The van der Waals surface area contributed by atoms with E-state index in [1.54, 1.807) is 0 Å². The van der Waals surface area contributed by atoms with Crippen molar-refractivity contribution in [2.45, 2.75) is 6.42 Å². The highest BCUT2D eigenvalue weighted by Crippen LogP contribution is 2.23. The SMILES string of the molecule is Bc1ccc(CC(=O)c2ccc(O)cc2O)cc1. The minimum absolute atomic E-state index is 0.0561. The van der Waals surface area contributed by atoms with E-state index in [0.29, 0.717) is 0 Å². The van der Waals surface area contributed by atoms with Gasteiger partial charge in [0.15, 0.2) is 5.78 Å². The summed E-state index contributed by atoms with van der Waals surface area (Å²) in [6, 6.07) is 11.7. The summed E-state index contributed by atoms with van der Waals surface area (Å²) in [5.41, 5.74) is 2.27. The standard InChI is InChI=1S/C14H13BO3/c15-10-3-1-9(2-4-10)7-13(17)12-6-5-11(16)8-14(12)18/h1-6,8,16,18H,7,15H2. The summed E-state index contributed by atoms with van der Waals surface area (Å²) in [5, 5.41) is 18.8. The maximum Gasteiger partial charge on any atom is 0.170 e. The van der Waals surface area contributed by atoms with E-state index < -0.39 is 0 Å². The Morgan fingerprint density at radius 3 is 2.33 bits per heavy atom. The molecule has 0 radical (unpaired) electrons. The van der Waals surface area contributed by atoms with E-state index in [1.807, 2.05) is 32.1 Å². The Bertz CT molecular complexity index is 576. The predicted octanol–water partition coefficient (Wildman–Crippen LogP) is 0.782. The highest BCUT2D eigenvalue weighted by Gasteiger charge is 2.12. The number of hydrogen-bond acceptors (Lipinski definition) is 3. The van der Waals surface area contributed by atoms with Crippen molar-refractivity contribution >= 4 is 19.1 Å². The smallest absolute Gasteiger partial charge is 0.170 e. The fourth-order valence-corrected chi connectivity index (χ4v) is 1.74. The van der Waals surface area contributed by atoms with Crippen LogP contribution in [0.1, 0.15) is 15.9 Å². The van der Waals surface area contributed by atoms with Crippen molar-refractivity contribution in [3.05, 3.63) is 53.6 Å². The lowest BCUT2D eigenvalue weighted by atomic mass is 9.93. The molecule has 2 aromatic carbocycles. The van der Waals surface area contributed by atoms with Crippen molar-refractivity contribution in [1.29, 1.82) is 0 Å². The molecule has 0 unspecified atom stereocenters. The monoisotopic (exact) mass is 240 g/mol. The number of ketones is 1. The Morgan fingerprint density at radius 1 is 1.06 bits per heavy atom. The van der Waals surface area contributed by atoms with Crippen molar-refractivity contribution in [2.24, 2.45) is 0 Å². The number of phenols is 2. The number of hydrogen-bond donors (Lipinski definition) is 2. The van der Waals surface area contributed by atoms with Gasteiger partial charge in [-0.25, -0.2) is 0 Å². The van der Waals surface area contributed by atoms with Gasteiger partial charge in [-0.3, -0.25) is 4.79 Å². The fraction of sp³-hybridized carbons (Fsp3) is 0.0714. The van der Waals surface area contributed by atoms with Crippen molar-refractivity contribution in [3.8, 4) is 11.5 Å². The Labute approximate surface area is 106 Å². The second-order valence-corrected chi connectivity index (χ2v) is 4.29. The number of aromatic hydroxyl groups is 2. The van der Waals surface area contributed by atoms with Gasteiger partial charge in [-0.05, 0) is 17.7 Å². The summed E-state index contributed by atoms with van der Waals surface area (Å²) in [6.45, 7) is 0. The zero-order valence-corrected chi connectivity index (χ0v) is 10.1. The molecule has 0 aliphatic heterocycles. The largest absolute Gasteiger partial charge is 0.508 e. The molecule has 0 amide bonds. The third-order valence-corrected chi connectivity index (χ3v) is 2.77. The van der Waals surface area contributed by atoms with E-state index in [0.717, 1.165) is 11.0 Å². The molecule has 0 heterocycles. The molecule has 0 aliphatic carbocycles. The van der Waals surface area contributed by atoms with Gasteiger partial charge < -0.3 is 10.2 Å². The number of phenolic OH excluding ortho intramolecular Hbond substituents is 2. The van der Waals surface area contributed by atoms with Crippen LogP contribution in [-0.2, 0) is 6.42 Å². The summed E-state index contributed by atoms with van der Waals surface area (Å²) in [7, 11) is 1.98. The van der Waals surface area contributed by atoms with Gasteiger partial charge in [0.2, 0.25) is 0 Å². The van der Waals surface area contributed by atoms with E-state index in [2.05, 4.69) is 0 Å². The van der Waals surface area contributed by atoms with E-state index >= 15 is 0 Å². The van der Waals surface area contributed by atoms with Crippen LogP contribution in [0.15, 0.2) is 42.5 Å². The lowest BCUT2D eigenvalue weighted by molar-refractivity contribution is 0.0990. The van der Waals surface area contributed by atoms with E-state index in [-0.39, 0.29) is 29.3 Å². The molecule has 0 spiro atoms. The first-order valence-electron chi connectivity index (χ1n) is 5.67. The second-order valence-electron chi connectivity index (χ2n) is 4.29. The molecule has 0 fully saturated rings. The minimum Gasteiger partial charge on any atom is -0.508 e. The topological polar surface area (TPSA) is 57.5 Å². The molecule has 2 aromatic rings. The van der Waals surface area contributed by atoms with Gasteiger partial charge in [0.1, 0.15) is 19.3 Å². The zero-order chi connectivity index (χ0) is 13.1. The van der Waals surface area contributed by atoms with E-state index in [9.17, 15) is 9.90 Å². The maximum absolute atomic E-state index is 12.0. The normalized spacial score (nSPS) is 10.2. The average Bonchev–Trinajstić information content (AvgIpc) is 2.32. The molecular weight excluding hydrogens is 227 g/mol. The molecule has 0 atom stereocenters. The quantitative estimate of drug-likeness (QED) is 0.615. The van der Waals surface area contributed by atoms with Crippen LogP contribution in [-0.4, -0.2) is 23.8 Å². The minimum atomic E-state index is -0.188. The fourth-order valence-electron chi connectivity index (χ4n) is 1.74. The Hall–Kier alpha value is -2.23. The van der Waals surface area contributed by atoms with Gasteiger partial charge in [-0.15, -0.1) is 0 Å². The highest BCUT2D eigenvalue weighted by atomic mass is 16.3. The average molecular weight is 240 g/mol. The van der Waals surface area contributed by atoms with Crippen LogP contribution < -0.4 is 5.46 Å². The molecule has 0 bridgehead atoms. The summed E-state index contributed by atoms with van der Waals surface area (Å²) >= 11 is 0. The molecule has 0 saturated carbocycles. The molecule has 90 valence electrons. The third-order valence-electron chi connectivity index (χ3n) is 2.77. The Kier molecular flexibility index (Phi) is 3.37. The zero-order valence-electron chi connectivity index (χ0n) is 10.1. The van der Waals surface area contributed by atoms with Crippen molar-refractivity contribution in [1.82, 2.24) is 0 Å². The third kappa shape index (κ3) is 2.72. The Balaban J connectivity index is 2.19. The van der Waals surface area contributed by atoms with Crippen LogP contribution in [0.2, 0.25) is 0 Å². The molecule has 2 N–H and O–H groups in total. The lowest BCUT2D eigenvalue weighted by Crippen LogP contribution is -2.06. The summed E-state index contributed by atoms with van der Waals surface area (Å²) in [6.07, 6.45) is 0.235. The number of benzene rings is 2. The summed E-state index contributed by atoms with van der Waals surface area (Å²) in [5.74, 6) is -0.414. The van der Waals surface area contributed by atoms with E-state index in [4.69, 9.17) is 5.11 Å². The van der Waals surface area contributed by atoms with Gasteiger partial charge in [0.05, 0.1) is 5.56 Å². The summed E-state index contributed by atoms with van der Waals surface area (Å²) in [4.78, 5) is 12.0. The molecule has 0 saturated heterocycles. The van der Waals surface area contributed by atoms with Crippen LogP contribution in [0.3, 0.4) is 0 Å². The van der Waals surface area contributed by atoms with Gasteiger partial charge in [-0.2, -0.15) is 0 Å². The second kappa shape index (κ2) is 4.96. The van der Waals surface area contributed by atoms with Crippen molar-refractivity contribution < 1.29 is 15.0 Å². The van der Waals surface area contributed by atoms with Gasteiger partial charge in [0.25, 0.3) is 0 Å². The highest BCUT2D eigenvalue weighted by molar-refractivity contribution is 6.32. The Morgan fingerprint density at radius 2 is 1.72 bits per heavy atom. The van der Waals surface area contributed by atoms with Crippen LogP contribution in [0, 0.1) is 0 Å². The van der Waals surface area contributed by atoms with Crippen LogP contribution in [0.5, 0.6) is 11.5 Å². The van der Waals surface area contributed by atoms with Crippen LogP contribution in [0.25, 0.3) is 0 Å². The first kappa shape index (κ1) is 12.2. The molecular formula is C14H13BO3. The van der Waals surface area contributed by atoms with Crippen LogP contribution in [0.4, 0.5) is 0 Å². The van der Waals surface area contributed by atoms with Gasteiger partial charge >= 0.3 is 0 Å².